The Morgan fingerprint density at radius 1 is 1.50 bits per heavy atom. The van der Waals surface area contributed by atoms with E-state index in [9.17, 15) is 18.7 Å². The number of nitrogens with zero attached hydrogens (tertiary/aromatic N) is 1. The van der Waals surface area contributed by atoms with Crippen LogP contribution in [0.5, 0.6) is 5.75 Å². The second-order valence-electron chi connectivity index (χ2n) is 3.85. The fraction of sp³-hybridized carbons (Fsp3) is 0.364. The van der Waals surface area contributed by atoms with E-state index in [-0.39, 0.29) is 30.3 Å². The van der Waals surface area contributed by atoms with Crippen molar-refractivity contribution in [2.24, 2.45) is 0 Å². The highest BCUT2D eigenvalue weighted by atomic mass is 35.5. The Bertz CT molecular complexity index is 470. The Kier molecular flexibility index (Phi) is 3.68. The van der Waals surface area contributed by atoms with Gasteiger partial charge in [0.05, 0.1) is 24.8 Å². The monoisotopic (exact) mass is 277 g/mol. The van der Waals surface area contributed by atoms with Crippen molar-refractivity contribution in [2.45, 2.75) is 19.1 Å². The van der Waals surface area contributed by atoms with E-state index in [1.54, 1.807) is 0 Å². The SMILES string of the molecule is O=C1CC(O)CN1c1cc(Cl)ccc1OC(F)F. The first kappa shape index (κ1) is 13.0. The highest BCUT2D eigenvalue weighted by molar-refractivity contribution is 6.31. The Morgan fingerprint density at radius 3 is 2.78 bits per heavy atom. The van der Waals surface area contributed by atoms with Gasteiger partial charge in [0.1, 0.15) is 5.75 Å². The van der Waals surface area contributed by atoms with Gasteiger partial charge in [-0.2, -0.15) is 8.78 Å². The predicted molar refractivity (Wildman–Crippen MR) is 61.1 cm³/mol. The largest absolute Gasteiger partial charge is 0.433 e. The van der Waals surface area contributed by atoms with Crippen molar-refractivity contribution in [3.63, 3.8) is 0 Å². The van der Waals surface area contributed by atoms with Gasteiger partial charge in [-0.1, -0.05) is 11.6 Å². The lowest BCUT2D eigenvalue weighted by Gasteiger charge is -2.19. The summed E-state index contributed by atoms with van der Waals surface area (Å²) in [6, 6.07) is 4.01. The highest BCUT2D eigenvalue weighted by Gasteiger charge is 2.31. The molecule has 1 aliphatic rings. The molecule has 0 spiro atoms. The summed E-state index contributed by atoms with van der Waals surface area (Å²) in [6.45, 7) is -2.95. The Morgan fingerprint density at radius 2 is 2.22 bits per heavy atom. The van der Waals surface area contributed by atoms with Gasteiger partial charge in [0.25, 0.3) is 0 Å². The lowest BCUT2D eigenvalue weighted by atomic mass is 10.2. The summed E-state index contributed by atoms with van der Waals surface area (Å²) < 4.78 is 28.8. The number of aliphatic hydroxyl groups is 1. The third-order valence-electron chi connectivity index (χ3n) is 2.53. The van der Waals surface area contributed by atoms with Crippen molar-refractivity contribution in [3.05, 3.63) is 23.2 Å². The minimum absolute atomic E-state index is 0.0405. The molecule has 0 radical (unpaired) electrons. The van der Waals surface area contributed by atoms with Gasteiger partial charge in [-0.05, 0) is 18.2 Å². The quantitative estimate of drug-likeness (QED) is 0.920. The number of halogens is 3. The zero-order chi connectivity index (χ0) is 13.3. The van der Waals surface area contributed by atoms with E-state index in [1.165, 1.54) is 23.1 Å². The van der Waals surface area contributed by atoms with Crippen LogP contribution in [0.3, 0.4) is 0 Å². The first-order valence-corrected chi connectivity index (χ1v) is 5.58. The van der Waals surface area contributed by atoms with Gasteiger partial charge in [-0.3, -0.25) is 4.79 Å². The number of rotatable bonds is 3. The summed E-state index contributed by atoms with van der Waals surface area (Å²) in [4.78, 5) is 12.8. The average molecular weight is 278 g/mol. The van der Waals surface area contributed by atoms with Gasteiger partial charge in [0, 0.05) is 5.02 Å². The zero-order valence-corrected chi connectivity index (χ0v) is 9.90. The second kappa shape index (κ2) is 5.07. The zero-order valence-electron chi connectivity index (χ0n) is 9.15. The third-order valence-corrected chi connectivity index (χ3v) is 2.77. The number of amides is 1. The number of hydrogen-bond donors (Lipinski definition) is 1. The molecular formula is C11H10ClF2NO3. The first-order valence-electron chi connectivity index (χ1n) is 5.20. The summed E-state index contributed by atoms with van der Waals surface area (Å²) in [5.74, 6) is -0.499. The van der Waals surface area contributed by atoms with E-state index in [2.05, 4.69) is 4.74 Å². The number of anilines is 1. The fourth-order valence-electron chi connectivity index (χ4n) is 1.82. The molecule has 1 saturated heterocycles. The van der Waals surface area contributed by atoms with Crippen LogP contribution in [0.15, 0.2) is 18.2 Å². The number of ether oxygens (including phenoxy) is 1. The molecule has 0 aromatic heterocycles. The van der Waals surface area contributed by atoms with Crippen molar-refractivity contribution in [2.75, 3.05) is 11.4 Å². The summed E-state index contributed by atoms with van der Waals surface area (Å²) in [7, 11) is 0. The minimum atomic E-state index is -2.99. The molecule has 98 valence electrons. The van der Waals surface area contributed by atoms with Crippen molar-refractivity contribution in [3.8, 4) is 5.75 Å². The van der Waals surface area contributed by atoms with Gasteiger partial charge in [0.2, 0.25) is 5.91 Å². The Balaban J connectivity index is 2.35. The summed E-state index contributed by atoms with van der Waals surface area (Å²) >= 11 is 5.77. The average Bonchev–Trinajstić information content (AvgIpc) is 2.60. The van der Waals surface area contributed by atoms with Crippen LogP contribution in [0, 0.1) is 0 Å². The number of alkyl halides is 2. The first-order chi connectivity index (χ1) is 8.47. The van der Waals surface area contributed by atoms with Crippen molar-refractivity contribution >= 4 is 23.2 Å². The van der Waals surface area contributed by atoms with E-state index >= 15 is 0 Å². The van der Waals surface area contributed by atoms with Gasteiger partial charge in [0.15, 0.2) is 0 Å². The number of aliphatic hydroxyl groups excluding tert-OH is 1. The predicted octanol–water partition coefficient (Wildman–Crippen LogP) is 2.04. The van der Waals surface area contributed by atoms with E-state index in [4.69, 9.17) is 11.6 Å². The van der Waals surface area contributed by atoms with Crippen molar-refractivity contribution in [1.82, 2.24) is 0 Å². The number of benzene rings is 1. The maximum absolute atomic E-state index is 12.3. The van der Waals surface area contributed by atoms with Crippen LogP contribution in [0.25, 0.3) is 0 Å². The van der Waals surface area contributed by atoms with Crippen LogP contribution in [-0.2, 0) is 4.79 Å². The molecule has 1 unspecified atom stereocenters. The molecule has 4 nitrogen and oxygen atoms in total. The molecule has 18 heavy (non-hydrogen) atoms. The van der Waals surface area contributed by atoms with Crippen LogP contribution in [-0.4, -0.2) is 30.3 Å². The van der Waals surface area contributed by atoms with Crippen molar-refractivity contribution in [1.29, 1.82) is 0 Å². The molecule has 7 heteroatoms. The highest BCUT2D eigenvalue weighted by Crippen LogP contribution is 2.34. The van der Waals surface area contributed by atoms with E-state index in [0.29, 0.717) is 5.02 Å². The van der Waals surface area contributed by atoms with Gasteiger partial charge in [-0.25, -0.2) is 0 Å². The summed E-state index contributed by atoms with van der Waals surface area (Å²) in [5.41, 5.74) is 0.143. The minimum Gasteiger partial charge on any atom is -0.433 e. The molecule has 1 aromatic carbocycles. The van der Waals surface area contributed by atoms with Gasteiger partial charge >= 0.3 is 6.61 Å². The third kappa shape index (κ3) is 2.70. The van der Waals surface area contributed by atoms with Crippen LogP contribution in [0.4, 0.5) is 14.5 Å². The number of hydrogen-bond acceptors (Lipinski definition) is 3. The maximum Gasteiger partial charge on any atom is 0.387 e. The fourth-order valence-corrected chi connectivity index (χ4v) is 1.99. The number of β-amino-alcohol motifs (C(OH)–C–C–N with tert-alkyl or cyclic N) is 1. The molecule has 0 saturated carbocycles. The molecule has 0 bridgehead atoms. The topological polar surface area (TPSA) is 49.8 Å². The number of carbonyl (C=O) groups is 1. The summed E-state index contributed by atoms with van der Waals surface area (Å²) in [6.07, 6.45) is -0.850. The molecule has 1 heterocycles. The maximum atomic E-state index is 12.3. The molecule has 1 aromatic rings. The molecule has 1 aliphatic heterocycles. The van der Waals surface area contributed by atoms with Gasteiger partial charge in [-0.15, -0.1) is 0 Å². The molecule has 0 aliphatic carbocycles. The lowest BCUT2D eigenvalue weighted by molar-refractivity contribution is -0.117. The molecule has 1 amide bonds. The Hall–Kier alpha value is -1.40. The number of carbonyl (C=O) groups excluding carboxylic acids is 1. The smallest absolute Gasteiger partial charge is 0.387 e. The molecule has 1 fully saturated rings. The molecular weight excluding hydrogens is 268 g/mol. The van der Waals surface area contributed by atoms with Crippen LogP contribution in [0.2, 0.25) is 5.02 Å². The molecule has 1 atom stereocenters. The Labute approximate surface area is 107 Å². The van der Waals surface area contributed by atoms with E-state index < -0.39 is 12.7 Å². The summed E-state index contributed by atoms with van der Waals surface area (Å²) in [5, 5.41) is 9.68. The molecule has 1 N–H and O–H groups in total. The van der Waals surface area contributed by atoms with E-state index in [1.807, 2.05) is 0 Å². The molecule has 2 rings (SSSR count). The normalized spacial score (nSPS) is 19.7. The lowest BCUT2D eigenvalue weighted by Crippen LogP contribution is -2.26. The van der Waals surface area contributed by atoms with Crippen molar-refractivity contribution < 1.29 is 23.4 Å². The van der Waals surface area contributed by atoms with Gasteiger partial charge < -0.3 is 14.7 Å². The van der Waals surface area contributed by atoms with Crippen LogP contribution >= 0.6 is 11.6 Å². The van der Waals surface area contributed by atoms with Crippen LogP contribution in [0.1, 0.15) is 6.42 Å². The second-order valence-corrected chi connectivity index (χ2v) is 4.29. The standard InChI is InChI=1S/C11H10ClF2NO3/c12-6-1-2-9(18-11(13)14)8(3-6)15-5-7(16)4-10(15)17/h1-3,7,11,16H,4-5H2. The van der Waals surface area contributed by atoms with E-state index in [0.717, 1.165) is 0 Å². The van der Waals surface area contributed by atoms with Crippen LogP contribution < -0.4 is 9.64 Å².